The fourth-order valence-electron chi connectivity index (χ4n) is 1.35. The summed E-state index contributed by atoms with van der Waals surface area (Å²) in [5.41, 5.74) is 0.351. The number of halogens is 3. The highest BCUT2D eigenvalue weighted by atomic mass is 35.5. The van der Waals surface area contributed by atoms with Crippen LogP contribution < -0.4 is 15.4 Å². The average molecular weight is 307 g/mol. The quantitative estimate of drug-likeness (QED) is 0.848. The van der Waals surface area contributed by atoms with Crippen LogP contribution in [0.3, 0.4) is 0 Å². The van der Waals surface area contributed by atoms with Crippen molar-refractivity contribution in [3.8, 4) is 5.75 Å². The Morgan fingerprint density at radius 1 is 1.40 bits per heavy atom. The maximum Gasteiger partial charge on any atom is 0.387 e. The summed E-state index contributed by atoms with van der Waals surface area (Å²) in [6.07, 6.45) is 0.0898. The van der Waals surface area contributed by atoms with Gasteiger partial charge in [-0.05, 0) is 18.2 Å². The Morgan fingerprint density at radius 2 is 2.10 bits per heavy atom. The first-order valence-electron chi connectivity index (χ1n) is 5.67. The van der Waals surface area contributed by atoms with Crippen molar-refractivity contribution in [3.05, 3.63) is 23.2 Å². The molecule has 1 rings (SSSR count). The first-order chi connectivity index (χ1) is 9.38. The number of nitrogens with one attached hydrogen (secondary N) is 2. The van der Waals surface area contributed by atoms with E-state index in [9.17, 15) is 18.4 Å². The first-order valence-corrected chi connectivity index (χ1v) is 6.05. The van der Waals surface area contributed by atoms with Crippen LogP contribution in [0.1, 0.15) is 13.3 Å². The van der Waals surface area contributed by atoms with Crippen LogP contribution in [0.5, 0.6) is 5.75 Å². The van der Waals surface area contributed by atoms with E-state index in [1.165, 1.54) is 25.1 Å². The summed E-state index contributed by atoms with van der Waals surface area (Å²) in [5, 5.41) is 4.96. The molecule has 2 N–H and O–H groups in total. The van der Waals surface area contributed by atoms with Gasteiger partial charge in [0.1, 0.15) is 5.75 Å². The minimum atomic E-state index is -2.97. The van der Waals surface area contributed by atoms with Crippen molar-refractivity contribution < 1.29 is 23.1 Å². The average Bonchev–Trinajstić information content (AvgIpc) is 2.31. The van der Waals surface area contributed by atoms with Gasteiger partial charge < -0.3 is 15.4 Å². The third-order valence-corrected chi connectivity index (χ3v) is 2.45. The molecule has 0 atom stereocenters. The second kappa shape index (κ2) is 7.64. The van der Waals surface area contributed by atoms with Crippen molar-refractivity contribution in [2.24, 2.45) is 0 Å². The van der Waals surface area contributed by atoms with Gasteiger partial charge in [-0.2, -0.15) is 8.78 Å². The molecule has 110 valence electrons. The monoisotopic (exact) mass is 306 g/mol. The van der Waals surface area contributed by atoms with Crippen molar-refractivity contribution in [2.45, 2.75) is 20.0 Å². The Kier molecular flexibility index (Phi) is 6.17. The van der Waals surface area contributed by atoms with E-state index in [1.807, 2.05) is 0 Å². The van der Waals surface area contributed by atoms with E-state index in [0.29, 0.717) is 5.69 Å². The second-order valence-corrected chi connectivity index (χ2v) is 4.21. The first kappa shape index (κ1) is 16.2. The van der Waals surface area contributed by atoms with Gasteiger partial charge in [0.2, 0.25) is 11.8 Å². The molecular weight excluding hydrogens is 294 g/mol. The molecule has 1 aromatic rings. The van der Waals surface area contributed by atoms with Crippen LogP contribution in [-0.2, 0) is 9.59 Å². The van der Waals surface area contributed by atoms with E-state index in [2.05, 4.69) is 15.4 Å². The smallest absolute Gasteiger partial charge is 0.387 e. The molecule has 5 nitrogen and oxygen atoms in total. The van der Waals surface area contributed by atoms with E-state index in [0.717, 1.165) is 0 Å². The van der Waals surface area contributed by atoms with Crippen molar-refractivity contribution in [1.82, 2.24) is 5.32 Å². The molecule has 0 aliphatic rings. The molecule has 0 aliphatic carbocycles. The molecule has 2 amide bonds. The molecule has 20 heavy (non-hydrogen) atoms. The normalized spacial score (nSPS) is 10.2. The van der Waals surface area contributed by atoms with Crippen molar-refractivity contribution in [2.75, 3.05) is 11.9 Å². The summed E-state index contributed by atoms with van der Waals surface area (Å²) >= 11 is 5.74. The Morgan fingerprint density at radius 3 is 2.65 bits per heavy atom. The lowest BCUT2D eigenvalue weighted by atomic mass is 10.3. The van der Waals surface area contributed by atoms with Crippen LogP contribution in [0.25, 0.3) is 0 Å². The Labute approximate surface area is 119 Å². The minimum Gasteiger partial charge on any atom is -0.433 e. The van der Waals surface area contributed by atoms with Crippen molar-refractivity contribution in [3.63, 3.8) is 0 Å². The van der Waals surface area contributed by atoms with Gasteiger partial charge in [0.25, 0.3) is 0 Å². The summed E-state index contributed by atoms with van der Waals surface area (Å²) in [4.78, 5) is 22.1. The van der Waals surface area contributed by atoms with Crippen LogP contribution >= 0.6 is 11.6 Å². The Bertz CT molecular complexity index is 498. The van der Waals surface area contributed by atoms with E-state index < -0.39 is 6.61 Å². The Hall–Kier alpha value is -1.89. The highest BCUT2D eigenvalue weighted by Gasteiger charge is 2.10. The fraction of sp³-hybridized carbons (Fsp3) is 0.333. The molecule has 0 bridgehead atoms. The summed E-state index contributed by atoms with van der Waals surface area (Å²) in [6.45, 7) is -1.41. The number of hydrogen-bond donors (Lipinski definition) is 2. The molecule has 1 aromatic carbocycles. The predicted molar refractivity (Wildman–Crippen MR) is 70.0 cm³/mol. The van der Waals surface area contributed by atoms with E-state index in [1.54, 1.807) is 0 Å². The molecular formula is C12H13ClF2N2O3. The van der Waals surface area contributed by atoms with Gasteiger partial charge >= 0.3 is 6.61 Å². The number of alkyl halides is 2. The molecule has 0 saturated carbocycles. The third-order valence-electron chi connectivity index (χ3n) is 2.16. The molecule has 0 aliphatic heterocycles. The number of hydrogen-bond acceptors (Lipinski definition) is 3. The van der Waals surface area contributed by atoms with Gasteiger partial charge in [-0.3, -0.25) is 9.59 Å². The van der Waals surface area contributed by atoms with Gasteiger partial charge in [0.05, 0.1) is 5.02 Å². The zero-order chi connectivity index (χ0) is 15.1. The van der Waals surface area contributed by atoms with Crippen molar-refractivity contribution in [1.29, 1.82) is 0 Å². The third kappa shape index (κ3) is 5.83. The van der Waals surface area contributed by atoms with E-state index >= 15 is 0 Å². The lowest BCUT2D eigenvalue weighted by Crippen LogP contribution is -2.25. The van der Waals surface area contributed by atoms with Crippen LogP contribution in [0.2, 0.25) is 5.02 Å². The highest BCUT2D eigenvalue weighted by Crippen LogP contribution is 2.28. The molecule has 0 spiro atoms. The van der Waals surface area contributed by atoms with Crippen LogP contribution in [0.15, 0.2) is 18.2 Å². The van der Waals surface area contributed by atoms with E-state index in [4.69, 9.17) is 11.6 Å². The van der Waals surface area contributed by atoms with Gasteiger partial charge in [-0.1, -0.05) is 11.6 Å². The SMILES string of the molecule is CC(=O)NCCC(=O)Nc1ccc(OC(F)F)c(Cl)c1. The van der Waals surface area contributed by atoms with Gasteiger partial charge in [0.15, 0.2) is 0 Å². The lowest BCUT2D eigenvalue weighted by Gasteiger charge is -2.09. The number of rotatable bonds is 6. The maximum absolute atomic E-state index is 12.0. The second-order valence-electron chi connectivity index (χ2n) is 3.80. The van der Waals surface area contributed by atoms with Gasteiger partial charge in [0, 0.05) is 25.6 Å². The molecule has 0 saturated heterocycles. The number of amides is 2. The van der Waals surface area contributed by atoms with Gasteiger partial charge in [-0.25, -0.2) is 0 Å². The molecule has 0 radical (unpaired) electrons. The fourth-order valence-corrected chi connectivity index (χ4v) is 1.57. The number of anilines is 1. The van der Waals surface area contributed by atoms with Crippen LogP contribution in [0.4, 0.5) is 14.5 Å². The number of carbonyl (C=O) groups excluding carboxylic acids is 2. The predicted octanol–water partition coefficient (Wildman–Crippen LogP) is 2.41. The standard InChI is InChI=1S/C12H13ClF2N2O3/c1-7(18)16-5-4-11(19)17-8-2-3-10(9(13)6-8)20-12(14)15/h2-3,6,12H,4-5H2,1H3,(H,16,18)(H,17,19). The molecule has 0 aromatic heterocycles. The number of carbonyl (C=O) groups is 2. The molecule has 0 unspecified atom stereocenters. The molecule has 0 heterocycles. The zero-order valence-electron chi connectivity index (χ0n) is 10.6. The summed E-state index contributed by atoms with van der Waals surface area (Å²) < 4.78 is 28.2. The number of benzene rings is 1. The maximum atomic E-state index is 12.0. The van der Waals surface area contributed by atoms with Gasteiger partial charge in [-0.15, -0.1) is 0 Å². The lowest BCUT2D eigenvalue weighted by molar-refractivity contribution is -0.119. The summed E-state index contributed by atoms with van der Waals surface area (Å²) in [7, 11) is 0. The Balaban J connectivity index is 2.54. The summed E-state index contributed by atoms with van der Waals surface area (Å²) in [5.74, 6) is -0.732. The zero-order valence-corrected chi connectivity index (χ0v) is 11.3. The largest absolute Gasteiger partial charge is 0.433 e. The number of ether oxygens (including phenoxy) is 1. The van der Waals surface area contributed by atoms with Crippen LogP contribution in [0, 0.1) is 0 Å². The van der Waals surface area contributed by atoms with Crippen LogP contribution in [-0.4, -0.2) is 25.0 Å². The molecule has 8 heteroatoms. The highest BCUT2D eigenvalue weighted by molar-refractivity contribution is 6.32. The summed E-state index contributed by atoms with van der Waals surface area (Å²) in [6, 6.07) is 3.92. The topological polar surface area (TPSA) is 67.4 Å². The van der Waals surface area contributed by atoms with E-state index in [-0.39, 0.29) is 35.6 Å². The van der Waals surface area contributed by atoms with Crippen molar-refractivity contribution >= 4 is 29.1 Å². The minimum absolute atomic E-state index is 0.0371. The molecule has 0 fully saturated rings.